The molecule has 18 heavy (non-hydrogen) atoms. The summed E-state index contributed by atoms with van der Waals surface area (Å²) in [4.78, 5) is 0. The quantitative estimate of drug-likeness (QED) is 0.809. The second kappa shape index (κ2) is 5.22. The molecule has 0 radical (unpaired) electrons. The fraction of sp³-hybridized carbons (Fsp3) is 1.00. The van der Waals surface area contributed by atoms with E-state index >= 15 is 0 Å². The highest BCUT2D eigenvalue weighted by Gasteiger charge is 2.47. The molecule has 0 unspecified atom stereocenters. The minimum Gasteiger partial charge on any atom is -0.317 e. The monoisotopic (exact) mass is 272 g/mol. The fourth-order valence-corrected chi connectivity index (χ4v) is 4.49. The molecule has 2 rings (SSSR count). The zero-order valence-corrected chi connectivity index (χ0v) is 13.0. The number of piperidine rings is 1. The van der Waals surface area contributed by atoms with Crippen LogP contribution >= 0.6 is 0 Å². The summed E-state index contributed by atoms with van der Waals surface area (Å²) in [6, 6.07) is 0.439. The van der Waals surface area contributed by atoms with Gasteiger partial charge in [0.15, 0.2) is 0 Å². The summed E-state index contributed by atoms with van der Waals surface area (Å²) in [5, 5.41) is 3.45. The lowest BCUT2D eigenvalue weighted by Gasteiger charge is -2.40. The van der Waals surface area contributed by atoms with Crippen molar-refractivity contribution in [1.29, 1.82) is 0 Å². The minimum atomic E-state index is -0.940. The van der Waals surface area contributed by atoms with E-state index < -0.39 is 11.0 Å². The normalized spacial score (nSPS) is 33.8. The summed E-state index contributed by atoms with van der Waals surface area (Å²) in [5.41, 5.74) is 0.394. The molecule has 1 saturated heterocycles. The molecule has 106 valence electrons. The maximum Gasteiger partial charge on any atom is 0.0972 e. The second-order valence-corrected chi connectivity index (χ2v) is 9.21. The van der Waals surface area contributed by atoms with Crippen LogP contribution in [-0.2, 0) is 11.0 Å². The van der Waals surface area contributed by atoms with Gasteiger partial charge in [-0.05, 0) is 70.9 Å². The predicted octanol–water partition coefficient (Wildman–Crippen LogP) is 2.21. The Labute approximate surface area is 114 Å². The smallest absolute Gasteiger partial charge is 0.0972 e. The topological polar surface area (TPSA) is 41.1 Å². The zero-order valence-electron chi connectivity index (χ0n) is 12.2. The van der Waals surface area contributed by atoms with Crippen LogP contribution in [0.1, 0.15) is 53.4 Å². The van der Waals surface area contributed by atoms with E-state index in [1.54, 1.807) is 0 Å². The van der Waals surface area contributed by atoms with Crippen LogP contribution in [0.2, 0.25) is 0 Å². The van der Waals surface area contributed by atoms with Crippen LogP contribution in [0.25, 0.3) is 0 Å². The van der Waals surface area contributed by atoms with E-state index in [4.69, 9.17) is 0 Å². The summed E-state index contributed by atoms with van der Waals surface area (Å²) in [6.45, 7) is 10.7. The van der Waals surface area contributed by atoms with Gasteiger partial charge in [0.2, 0.25) is 0 Å². The van der Waals surface area contributed by atoms with Crippen LogP contribution in [0.5, 0.6) is 0 Å². The van der Waals surface area contributed by atoms with E-state index in [0.717, 1.165) is 19.0 Å². The first-order valence-electron chi connectivity index (χ1n) is 7.22. The lowest BCUT2D eigenvalue weighted by Crippen LogP contribution is -2.50. The Bertz CT molecular complexity index is 318. The van der Waals surface area contributed by atoms with Crippen LogP contribution < -0.4 is 10.0 Å². The molecule has 2 aliphatic rings. The van der Waals surface area contributed by atoms with Gasteiger partial charge >= 0.3 is 0 Å². The van der Waals surface area contributed by atoms with Crippen LogP contribution in [0.3, 0.4) is 0 Å². The molecule has 1 heterocycles. The van der Waals surface area contributed by atoms with Gasteiger partial charge in [-0.3, -0.25) is 0 Å². The molecule has 4 heteroatoms. The number of nitrogens with one attached hydrogen (secondary N) is 2. The molecule has 0 amide bonds. The first-order chi connectivity index (χ1) is 8.33. The van der Waals surface area contributed by atoms with E-state index in [-0.39, 0.29) is 4.75 Å². The molecular formula is C14H28N2OS. The van der Waals surface area contributed by atoms with Gasteiger partial charge in [-0.1, -0.05) is 6.92 Å². The van der Waals surface area contributed by atoms with Gasteiger partial charge in [0.25, 0.3) is 0 Å². The number of hydrogen-bond acceptors (Lipinski definition) is 2. The van der Waals surface area contributed by atoms with Crippen LogP contribution in [0, 0.1) is 11.3 Å². The SMILES string of the molecule is C[C@H]1C[C@@H](N[S@](=O)C(C)(C)C)C2(CCNCC2)C1. The average molecular weight is 272 g/mol. The van der Waals surface area contributed by atoms with Crippen LogP contribution in [-0.4, -0.2) is 28.1 Å². The summed E-state index contributed by atoms with van der Waals surface area (Å²) in [7, 11) is -0.940. The highest BCUT2D eigenvalue weighted by atomic mass is 32.2. The van der Waals surface area contributed by atoms with E-state index in [9.17, 15) is 4.21 Å². The average Bonchev–Trinajstić information content (AvgIpc) is 2.54. The Hall–Kier alpha value is 0.0700. The Morgan fingerprint density at radius 2 is 1.89 bits per heavy atom. The second-order valence-electron chi connectivity index (χ2n) is 7.21. The number of hydrogen-bond donors (Lipinski definition) is 2. The van der Waals surface area contributed by atoms with Crippen molar-refractivity contribution >= 4 is 11.0 Å². The van der Waals surface area contributed by atoms with E-state index in [1.807, 2.05) is 20.8 Å². The van der Waals surface area contributed by atoms with Gasteiger partial charge in [0.1, 0.15) is 0 Å². The first kappa shape index (κ1) is 14.5. The van der Waals surface area contributed by atoms with Gasteiger partial charge in [-0.2, -0.15) is 0 Å². The van der Waals surface area contributed by atoms with Crippen LogP contribution in [0.15, 0.2) is 0 Å². The van der Waals surface area contributed by atoms with Gasteiger partial charge < -0.3 is 5.32 Å². The maximum absolute atomic E-state index is 12.3. The molecule has 0 bridgehead atoms. The molecule has 1 aliphatic heterocycles. The maximum atomic E-state index is 12.3. The first-order valence-corrected chi connectivity index (χ1v) is 8.37. The van der Waals surface area contributed by atoms with Crippen molar-refractivity contribution in [2.45, 2.75) is 64.2 Å². The Balaban J connectivity index is 2.08. The van der Waals surface area contributed by atoms with Gasteiger partial charge in [0, 0.05) is 6.04 Å². The Morgan fingerprint density at radius 1 is 1.28 bits per heavy atom. The largest absolute Gasteiger partial charge is 0.317 e. The highest BCUT2D eigenvalue weighted by Crippen LogP contribution is 2.48. The molecule has 1 saturated carbocycles. The summed E-state index contributed by atoms with van der Waals surface area (Å²) in [6.07, 6.45) is 4.95. The third kappa shape index (κ3) is 2.97. The van der Waals surface area contributed by atoms with Crippen molar-refractivity contribution in [2.75, 3.05) is 13.1 Å². The molecule has 0 aromatic heterocycles. The van der Waals surface area contributed by atoms with E-state index in [0.29, 0.717) is 11.5 Å². The predicted molar refractivity (Wildman–Crippen MR) is 77.8 cm³/mol. The molecule has 0 aromatic rings. The van der Waals surface area contributed by atoms with Crippen molar-refractivity contribution in [3.63, 3.8) is 0 Å². The molecule has 1 spiro atoms. The minimum absolute atomic E-state index is 0.167. The Morgan fingerprint density at radius 3 is 2.44 bits per heavy atom. The van der Waals surface area contributed by atoms with Gasteiger partial charge in [-0.25, -0.2) is 8.93 Å². The third-order valence-corrected chi connectivity index (χ3v) is 6.15. The molecule has 2 N–H and O–H groups in total. The molecule has 3 atom stereocenters. The molecule has 0 aromatic carbocycles. The summed E-state index contributed by atoms with van der Waals surface area (Å²) < 4.78 is 15.6. The summed E-state index contributed by atoms with van der Waals surface area (Å²) >= 11 is 0. The fourth-order valence-electron chi connectivity index (χ4n) is 3.53. The summed E-state index contributed by atoms with van der Waals surface area (Å²) in [5.74, 6) is 0.762. The molecule has 2 fully saturated rings. The van der Waals surface area contributed by atoms with E-state index in [2.05, 4.69) is 17.0 Å². The third-order valence-electron chi connectivity index (χ3n) is 4.54. The van der Waals surface area contributed by atoms with Crippen molar-refractivity contribution in [3.8, 4) is 0 Å². The van der Waals surface area contributed by atoms with Crippen LogP contribution in [0.4, 0.5) is 0 Å². The van der Waals surface area contributed by atoms with Crippen molar-refractivity contribution in [2.24, 2.45) is 11.3 Å². The molecule has 1 aliphatic carbocycles. The van der Waals surface area contributed by atoms with Crippen molar-refractivity contribution < 1.29 is 4.21 Å². The van der Waals surface area contributed by atoms with Gasteiger partial charge in [-0.15, -0.1) is 0 Å². The van der Waals surface area contributed by atoms with E-state index in [1.165, 1.54) is 25.7 Å². The number of rotatable bonds is 2. The Kier molecular flexibility index (Phi) is 4.20. The zero-order chi connectivity index (χ0) is 13.4. The highest BCUT2D eigenvalue weighted by molar-refractivity contribution is 7.84. The van der Waals surface area contributed by atoms with Crippen molar-refractivity contribution in [3.05, 3.63) is 0 Å². The molecular weight excluding hydrogens is 244 g/mol. The molecule has 3 nitrogen and oxygen atoms in total. The van der Waals surface area contributed by atoms with Gasteiger partial charge in [0.05, 0.1) is 15.7 Å². The lowest BCUT2D eigenvalue weighted by atomic mass is 9.74. The van der Waals surface area contributed by atoms with Crippen molar-refractivity contribution in [1.82, 2.24) is 10.0 Å². The standard InChI is InChI=1S/C14H28N2OS/c1-11-9-12(16-18(17)13(2,3)4)14(10-11)5-7-15-8-6-14/h11-12,15-16H,5-10H2,1-4H3/t11-,12+,18+/m0/s1. The lowest BCUT2D eigenvalue weighted by molar-refractivity contribution is 0.171.